The highest BCUT2D eigenvalue weighted by Gasteiger charge is 2.33. The number of non-ortho nitro benzene ring substituents is 1. The molecule has 0 aliphatic carbocycles. The molecule has 1 atom stereocenters. The zero-order valence-corrected chi connectivity index (χ0v) is 26.2. The zero-order chi connectivity index (χ0) is 33.0. The predicted molar refractivity (Wildman–Crippen MR) is 170 cm³/mol. The summed E-state index contributed by atoms with van der Waals surface area (Å²) in [6.07, 6.45) is 3.26. The highest BCUT2D eigenvalue weighted by atomic mass is 32.2. The highest BCUT2D eigenvalue weighted by Crippen LogP contribution is 2.31. The summed E-state index contributed by atoms with van der Waals surface area (Å²) in [5, 5.41) is 10.9. The van der Waals surface area contributed by atoms with E-state index in [0.29, 0.717) is 38.5 Å². The number of hydrogen-bond acceptors (Lipinski definition) is 11. The molecule has 1 aliphatic rings. The maximum absolute atomic E-state index is 13.8. The van der Waals surface area contributed by atoms with Crippen molar-refractivity contribution in [3.05, 3.63) is 138 Å². The number of ether oxygens (including phenoxy) is 2. The summed E-state index contributed by atoms with van der Waals surface area (Å²) < 4.78 is 43.2. The van der Waals surface area contributed by atoms with Crippen molar-refractivity contribution >= 4 is 39.2 Å². The number of rotatable bonds is 11. The lowest BCUT2D eigenvalue weighted by Gasteiger charge is -2.24. The molecule has 46 heavy (non-hydrogen) atoms. The number of esters is 1. The summed E-state index contributed by atoms with van der Waals surface area (Å²) in [4.78, 5) is 41.9. The number of nitro groups is 1. The molecule has 3 aromatic carbocycles. The first-order valence-corrected chi connectivity index (χ1v) is 16.1. The largest absolute Gasteiger partial charge is 0.490 e. The first-order valence-electron chi connectivity index (χ1n) is 13.8. The summed E-state index contributed by atoms with van der Waals surface area (Å²) in [5.41, 5.74) is 1.28. The van der Waals surface area contributed by atoms with Gasteiger partial charge in [-0.3, -0.25) is 19.5 Å². The minimum Gasteiger partial charge on any atom is -0.490 e. The summed E-state index contributed by atoms with van der Waals surface area (Å²) in [6.45, 7) is 7.51. The number of carbonyl (C=O) groups is 1. The van der Waals surface area contributed by atoms with Crippen molar-refractivity contribution in [2.45, 2.75) is 24.8 Å². The van der Waals surface area contributed by atoms with E-state index in [1.807, 2.05) is 0 Å². The fourth-order valence-corrected chi connectivity index (χ4v) is 6.67. The maximum atomic E-state index is 13.8. The maximum Gasteiger partial charge on any atom is 0.339 e. The van der Waals surface area contributed by atoms with Crippen LogP contribution in [0.3, 0.4) is 0 Å². The van der Waals surface area contributed by atoms with Gasteiger partial charge in [-0.25, -0.2) is 9.79 Å². The fourth-order valence-electron chi connectivity index (χ4n) is 4.69. The first kappa shape index (κ1) is 32.1. The van der Waals surface area contributed by atoms with Crippen molar-refractivity contribution < 1.29 is 31.8 Å². The van der Waals surface area contributed by atoms with E-state index in [9.17, 15) is 28.1 Å². The van der Waals surface area contributed by atoms with Crippen LogP contribution >= 0.6 is 11.3 Å². The molecule has 0 fully saturated rings. The Balaban J connectivity index is 1.48. The van der Waals surface area contributed by atoms with Gasteiger partial charge in [-0.15, -0.1) is 0 Å². The molecule has 0 radical (unpaired) electrons. The van der Waals surface area contributed by atoms with E-state index >= 15 is 0 Å². The number of thiazole rings is 1. The number of nitro benzene ring substituents is 1. The number of nitrogens with zero attached hydrogens (tertiary/aromatic N) is 3. The molecule has 14 heteroatoms. The Kier molecular flexibility index (Phi) is 9.30. The molecule has 1 aromatic heterocycles. The highest BCUT2D eigenvalue weighted by molar-refractivity contribution is 7.87. The molecule has 0 saturated heterocycles. The van der Waals surface area contributed by atoms with Gasteiger partial charge in [0.05, 0.1) is 33.4 Å². The molecule has 0 bridgehead atoms. The Labute approximate surface area is 267 Å². The predicted octanol–water partition coefficient (Wildman–Crippen LogP) is 4.04. The van der Waals surface area contributed by atoms with Crippen LogP contribution in [0, 0.1) is 10.1 Å². The standard InChI is InChI=1S/C32H27N3O9S2/c1-4-18-43-24-14-8-22(9-15-24)29-28(31(37)42-5-2)20(3)33-32-34(29)30(36)27(45-32)19-21-6-12-25(13-7-21)44-46(40,41)26-16-10-23(11-17-26)35(38)39/h4,6-17,19,29H,1,5,18H2,2-3H3/b27-19-/t29-/m0/s1. The third kappa shape index (κ3) is 6.67. The molecule has 0 spiro atoms. The quantitative estimate of drug-likeness (QED) is 0.0761. The minimum atomic E-state index is -4.25. The van der Waals surface area contributed by atoms with Crippen LogP contribution in [0.4, 0.5) is 5.69 Å². The lowest BCUT2D eigenvalue weighted by molar-refractivity contribution is -0.384. The summed E-state index contributed by atoms with van der Waals surface area (Å²) in [7, 11) is -4.25. The van der Waals surface area contributed by atoms with Gasteiger partial charge in [-0.05, 0) is 67.4 Å². The minimum absolute atomic E-state index is 0.00665. The van der Waals surface area contributed by atoms with E-state index in [2.05, 4.69) is 11.6 Å². The first-order chi connectivity index (χ1) is 22.0. The van der Waals surface area contributed by atoms with Crippen molar-refractivity contribution in [1.29, 1.82) is 0 Å². The van der Waals surface area contributed by atoms with E-state index in [0.717, 1.165) is 35.6 Å². The lowest BCUT2D eigenvalue weighted by Crippen LogP contribution is -2.39. The Hall–Kier alpha value is -5.34. The summed E-state index contributed by atoms with van der Waals surface area (Å²) in [6, 6.07) is 16.6. The van der Waals surface area contributed by atoms with E-state index in [1.165, 1.54) is 16.7 Å². The lowest BCUT2D eigenvalue weighted by atomic mass is 9.96. The summed E-state index contributed by atoms with van der Waals surface area (Å²) >= 11 is 1.15. The Morgan fingerprint density at radius 2 is 1.72 bits per heavy atom. The number of benzene rings is 3. The zero-order valence-electron chi connectivity index (χ0n) is 24.6. The van der Waals surface area contributed by atoms with Crippen LogP contribution in [0.1, 0.15) is 31.0 Å². The Morgan fingerprint density at radius 3 is 2.33 bits per heavy atom. The molecular weight excluding hydrogens is 634 g/mol. The van der Waals surface area contributed by atoms with Gasteiger partial charge in [-0.2, -0.15) is 8.42 Å². The van der Waals surface area contributed by atoms with Crippen LogP contribution in [-0.2, 0) is 19.6 Å². The average Bonchev–Trinajstić information content (AvgIpc) is 3.34. The molecule has 0 saturated carbocycles. The Bertz CT molecular complexity index is 2130. The average molecular weight is 662 g/mol. The van der Waals surface area contributed by atoms with Gasteiger partial charge < -0.3 is 13.7 Å². The molecule has 0 amide bonds. The topological polar surface area (TPSA) is 156 Å². The van der Waals surface area contributed by atoms with Crippen LogP contribution in [0.5, 0.6) is 11.5 Å². The van der Waals surface area contributed by atoms with Crippen LogP contribution in [0.15, 0.2) is 111 Å². The van der Waals surface area contributed by atoms with E-state index in [-0.39, 0.29) is 34.1 Å². The molecule has 5 rings (SSSR count). The molecule has 0 unspecified atom stereocenters. The second-order valence-electron chi connectivity index (χ2n) is 9.83. The second kappa shape index (κ2) is 13.3. The molecule has 12 nitrogen and oxygen atoms in total. The number of hydrogen-bond donors (Lipinski definition) is 0. The number of allylic oxidation sites excluding steroid dienone is 1. The van der Waals surface area contributed by atoms with E-state index in [1.54, 1.807) is 62.4 Å². The molecule has 1 aliphatic heterocycles. The normalized spacial score (nSPS) is 14.7. The van der Waals surface area contributed by atoms with Crippen molar-refractivity contribution in [2.24, 2.45) is 4.99 Å². The van der Waals surface area contributed by atoms with E-state index < -0.39 is 27.1 Å². The van der Waals surface area contributed by atoms with Crippen LogP contribution in [0.25, 0.3) is 6.08 Å². The Morgan fingerprint density at radius 1 is 1.07 bits per heavy atom. The SMILES string of the molecule is C=CCOc1ccc([C@H]2C(C(=O)OCC)=C(C)N=c3s/c(=C\c4ccc(OS(=O)(=O)c5ccc([N+](=O)[O-])cc5)cc4)c(=O)n32)cc1. The number of aromatic nitrogens is 1. The van der Waals surface area contributed by atoms with Crippen LogP contribution < -0.4 is 23.8 Å². The second-order valence-corrected chi connectivity index (χ2v) is 12.4. The van der Waals surface area contributed by atoms with Crippen molar-refractivity contribution in [3.8, 4) is 11.5 Å². The molecule has 0 N–H and O–H groups in total. The van der Waals surface area contributed by atoms with Gasteiger partial charge in [-0.1, -0.05) is 48.3 Å². The van der Waals surface area contributed by atoms with Crippen LogP contribution in [-0.4, -0.2) is 37.1 Å². The van der Waals surface area contributed by atoms with Crippen molar-refractivity contribution in [2.75, 3.05) is 13.2 Å². The molecule has 236 valence electrons. The van der Waals surface area contributed by atoms with E-state index in [4.69, 9.17) is 13.7 Å². The fraction of sp³-hybridized carbons (Fsp3) is 0.156. The number of carbonyl (C=O) groups excluding carboxylic acids is 1. The molecule has 4 aromatic rings. The number of fused-ring (bicyclic) bond motifs is 1. The third-order valence-corrected chi connectivity index (χ3v) is 9.05. The van der Waals surface area contributed by atoms with Gasteiger partial charge in [0.15, 0.2) is 4.80 Å². The molecule has 2 heterocycles. The van der Waals surface area contributed by atoms with Crippen molar-refractivity contribution in [1.82, 2.24) is 4.57 Å². The smallest absolute Gasteiger partial charge is 0.339 e. The van der Waals surface area contributed by atoms with Gasteiger partial charge >= 0.3 is 16.1 Å². The van der Waals surface area contributed by atoms with Gasteiger partial charge in [0.1, 0.15) is 23.0 Å². The van der Waals surface area contributed by atoms with Crippen LogP contribution in [0.2, 0.25) is 0 Å². The monoisotopic (exact) mass is 661 g/mol. The van der Waals surface area contributed by atoms with Gasteiger partial charge in [0.25, 0.3) is 11.2 Å². The third-order valence-electron chi connectivity index (χ3n) is 6.80. The van der Waals surface area contributed by atoms with Gasteiger partial charge in [0.2, 0.25) is 0 Å². The van der Waals surface area contributed by atoms with Gasteiger partial charge in [0, 0.05) is 12.1 Å². The van der Waals surface area contributed by atoms with Crippen molar-refractivity contribution in [3.63, 3.8) is 0 Å². The molecular formula is C32H27N3O9S2. The summed E-state index contributed by atoms with van der Waals surface area (Å²) in [5.74, 6) is 0.0314.